The van der Waals surface area contributed by atoms with Crippen LogP contribution in [-0.4, -0.2) is 9.97 Å². The number of benzene rings is 1. The van der Waals surface area contributed by atoms with Crippen molar-refractivity contribution in [1.82, 2.24) is 9.97 Å². The Morgan fingerprint density at radius 2 is 2.00 bits per heavy atom. The van der Waals surface area contributed by atoms with E-state index in [1.807, 2.05) is 0 Å². The van der Waals surface area contributed by atoms with E-state index in [-0.39, 0.29) is 5.82 Å². The van der Waals surface area contributed by atoms with Gasteiger partial charge < -0.3 is 5.32 Å². The van der Waals surface area contributed by atoms with E-state index in [2.05, 4.69) is 15.3 Å². The average Bonchev–Trinajstić information content (AvgIpc) is 2.25. The van der Waals surface area contributed by atoms with Crippen LogP contribution in [0, 0.1) is 18.7 Å². The van der Waals surface area contributed by atoms with Crippen molar-refractivity contribution in [1.29, 1.82) is 0 Å². The standard InChI is InChI=1S/C11H9F2N3/c1-7-8(12)3-2-4-9(7)16-11-5-10(13)14-6-15-11/h2-6H,1H3,(H,14,15,16). The largest absolute Gasteiger partial charge is 0.340 e. The molecule has 0 bridgehead atoms. The molecule has 16 heavy (non-hydrogen) atoms. The molecule has 1 aromatic heterocycles. The smallest absolute Gasteiger partial charge is 0.218 e. The zero-order chi connectivity index (χ0) is 11.5. The predicted octanol–water partition coefficient (Wildman–Crippen LogP) is 2.81. The number of anilines is 2. The van der Waals surface area contributed by atoms with Crippen molar-refractivity contribution < 1.29 is 8.78 Å². The minimum atomic E-state index is -0.633. The van der Waals surface area contributed by atoms with Crippen LogP contribution < -0.4 is 5.32 Å². The first-order valence-corrected chi connectivity index (χ1v) is 4.66. The Kier molecular flexibility index (Phi) is 2.76. The van der Waals surface area contributed by atoms with E-state index in [0.29, 0.717) is 17.1 Å². The number of rotatable bonds is 2. The van der Waals surface area contributed by atoms with Crippen LogP contribution in [0.25, 0.3) is 0 Å². The van der Waals surface area contributed by atoms with Crippen molar-refractivity contribution in [3.8, 4) is 0 Å². The van der Waals surface area contributed by atoms with E-state index < -0.39 is 5.95 Å². The van der Waals surface area contributed by atoms with Crippen LogP contribution in [0.3, 0.4) is 0 Å². The minimum Gasteiger partial charge on any atom is -0.340 e. The fourth-order valence-electron chi connectivity index (χ4n) is 1.28. The normalized spacial score (nSPS) is 10.2. The van der Waals surface area contributed by atoms with Crippen LogP contribution >= 0.6 is 0 Å². The molecule has 0 radical (unpaired) electrons. The minimum absolute atomic E-state index is 0.293. The highest BCUT2D eigenvalue weighted by Crippen LogP contribution is 2.20. The summed E-state index contributed by atoms with van der Waals surface area (Å²) >= 11 is 0. The maximum absolute atomic E-state index is 13.2. The Bertz CT molecular complexity index is 514. The second-order valence-electron chi connectivity index (χ2n) is 3.26. The fraction of sp³-hybridized carbons (Fsp3) is 0.0909. The summed E-state index contributed by atoms with van der Waals surface area (Å²) in [6, 6.07) is 5.77. The van der Waals surface area contributed by atoms with Gasteiger partial charge in [0.15, 0.2) is 0 Å². The lowest BCUT2D eigenvalue weighted by molar-refractivity contribution is 0.580. The third-order valence-corrected chi connectivity index (χ3v) is 2.16. The number of hydrogen-bond acceptors (Lipinski definition) is 3. The van der Waals surface area contributed by atoms with Crippen LogP contribution in [0.5, 0.6) is 0 Å². The number of nitrogens with zero attached hydrogens (tertiary/aromatic N) is 2. The highest BCUT2D eigenvalue weighted by Gasteiger charge is 2.04. The van der Waals surface area contributed by atoms with Crippen molar-refractivity contribution in [2.45, 2.75) is 6.92 Å². The molecule has 2 rings (SSSR count). The predicted molar refractivity (Wildman–Crippen MR) is 56.4 cm³/mol. The first-order valence-electron chi connectivity index (χ1n) is 4.66. The summed E-state index contributed by atoms with van der Waals surface area (Å²) in [5, 5.41) is 2.82. The molecule has 0 atom stereocenters. The Balaban J connectivity index is 2.31. The zero-order valence-electron chi connectivity index (χ0n) is 8.54. The van der Waals surface area contributed by atoms with E-state index >= 15 is 0 Å². The molecular weight excluding hydrogens is 212 g/mol. The van der Waals surface area contributed by atoms with Crippen molar-refractivity contribution in [2.75, 3.05) is 5.32 Å². The molecule has 82 valence electrons. The number of nitrogens with one attached hydrogen (secondary N) is 1. The summed E-state index contributed by atoms with van der Waals surface area (Å²) < 4.78 is 26.0. The monoisotopic (exact) mass is 221 g/mol. The molecule has 1 aromatic carbocycles. The molecule has 1 heterocycles. The topological polar surface area (TPSA) is 37.8 Å². The van der Waals surface area contributed by atoms with E-state index in [9.17, 15) is 8.78 Å². The van der Waals surface area contributed by atoms with Gasteiger partial charge in [0.05, 0.1) is 0 Å². The lowest BCUT2D eigenvalue weighted by Crippen LogP contribution is -1.98. The molecule has 0 spiro atoms. The zero-order valence-corrected chi connectivity index (χ0v) is 8.54. The molecule has 0 amide bonds. The Labute approximate surface area is 91.2 Å². The van der Waals surface area contributed by atoms with E-state index in [1.165, 1.54) is 6.07 Å². The van der Waals surface area contributed by atoms with Crippen LogP contribution in [-0.2, 0) is 0 Å². The van der Waals surface area contributed by atoms with Crippen molar-refractivity contribution in [3.05, 3.63) is 47.9 Å². The summed E-state index contributed by atoms with van der Waals surface area (Å²) in [6.45, 7) is 1.63. The summed E-state index contributed by atoms with van der Waals surface area (Å²) in [5.41, 5.74) is 1.01. The van der Waals surface area contributed by atoms with Crippen molar-refractivity contribution in [2.24, 2.45) is 0 Å². The molecule has 0 aliphatic heterocycles. The first kappa shape index (κ1) is 10.5. The van der Waals surface area contributed by atoms with Crippen LogP contribution in [0.4, 0.5) is 20.3 Å². The van der Waals surface area contributed by atoms with E-state index in [0.717, 1.165) is 12.4 Å². The van der Waals surface area contributed by atoms with Gasteiger partial charge in [-0.25, -0.2) is 14.4 Å². The molecule has 2 aromatic rings. The van der Waals surface area contributed by atoms with Gasteiger partial charge in [0, 0.05) is 17.3 Å². The summed E-state index contributed by atoms with van der Waals surface area (Å²) in [4.78, 5) is 7.15. The molecule has 5 heteroatoms. The number of halogens is 2. The molecule has 0 aliphatic carbocycles. The van der Waals surface area contributed by atoms with E-state index in [4.69, 9.17) is 0 Å². The van der Waals surface area contributed by atoms with Crippen LogP contribution in [0.15, 0.2) is 30.6 Å². The van der Waals surface area contributed by atoms with Gasteiger partial charge >= 0.3 is 0 Å². The van der Waals surface area contributed by atoms with Gasteiger partial charge in [-0.05, 0) is 19.1 Å². The van der Waals surface area contributed by atoms with Crippen LogP contribution in [0.1, 0.15) is 5.56 Å². The Morgan fingerprint density at radius 3 is 2.75 bits per heavy atom. The molecule has 0 fully saturated rings. The molecule has 0 saturated heterocycles. The molecule has 0 unspecified atom stereocenters. The molecule has 0 aliphatic rings. The second-order valence-corrected chi connectivity index (χ2v) is 3.26. The molecular formula is C11H9F2N3. The lowest BCUT2D eigenvalue weighted by atomic mass is 10.2. The van der Waals surface area contributed by atoms with Gasteiger partial charge in [-0.3, -0.25) is 0 Å². The van der Waals surface area contributed by atoms with Crippen molar-refractivity contribution >= 4 is 11.5 Å². The lowest BCUT2D eigenvalue weighted by Gasteiger charge is -2.08. The number of hydrogen-bond donors (Lipinski definition) is 1. The van der Waals surface area contributed by atoms with Crippen LogP contribution in [0.2, 0.25) is 0 Å². The quantitative estimate of drug-likeness (QED) is 0.792. The van der Waals surface area contributed by atoms with Gasteiger partial charge in [-0.15, -0.1) is 0 Å². The third kappa shape index (κ3) is 2.13. The van der Waals surface area contributed by atoms with Gasteiger partial charge in [0.1, 0.15) is 18.0 Å². The number of aromatic nitrogens is 2. The summed E-state index contributed by atoms with van der Waals surface area (Å²) in [6.07, 6.45) is 1.10. The second kappa shape index (κ2) is 4.22. The van der Waals surface area contributed by atoms with E-state index in [1.54, 1.807) is 19.1 Å². The Hall–Kier alpha value is -2.04. The molecule has 1 N–H and O–H groups in total. The highest BCUT2D eigenvalue weighted by atomic mass is 19.1. The molecule has 0 saturated carbocycles. The first-order chi connectivity index (χ1) is 7.66. The summed E-state index contributed by atoms with van der Waals surface area (Å²) in [7, 11) is 0. The van der Waals surface area contributed by atoms with Gasteiger partial charge in [0.2, 0.25) is 5.95 Å². The third-order valence-electron chi connectivity index (χ3n) is 2.16. The van der Waals surface area contributed by atoms with Gasteiger partial charge in [-0.1, -0.05) is 6.07 Å². The van der Waals surface area contributed by atoms with Gasteiger partial charge in [0.25, 0.3) is 0 Å². The maximum atomic E-state index is 13.2. The highest BCUT2D eigenvalue weighted by molar-refractivity contribution is 5.59. The fourth-order valence-corrected chi connectivity index (χ4v) is 1.28. The SMILES string of the molecule is Cc1c(F)cccc1Nc1cc(F)ncn1. The molecule has 3 nitrogen and oxygen atoms in total. The summed E-state index contributed by atoms with van der Waals surface area (Å²) in [5.74, 6) is -0.660. The Morgan fingerprint density at radius 1 is 1.19 bits per heavy atom. The maximum Gasteiger partial charge on any atom is 0.218 e. The van der Waals surface area contributed by atoms with Gasteiger partial charge in [-0.2, -0.15) is 4.39 Å². The average molecular weight is 221 g/mol. The van der Waals surface area contributed by atoms with Crippen molar-refractivity contribution in [3.63, 3.8) is 0 Å².